The van der Waals surface area contributed by atoms with Crippen LogP contribution in [0.5, 0.6) is 11.5 Å². The van der Waals surface area contributed by atoms with Crippen molar-refractivity contribution in [1.82, 2.24) is 19.9 Å². The van der Waals surface area contributed by atoms with Gasteiger partial charge in [0, 0.05) is 44.3 Å². The van der Waals surface area contributed by atoms with Crippen LogP contribution in [0.15, 0.2) is 103 Å². The third kappa shape index (κ3) is 5.61. The highest BCUT2D eigenvalue weighted by atomic mass is 16.5. The van der Waals surface area contributed by atoms with Gasteiger partial charge in [-0.05, 0) is 95.9 Å². The van der Waals surface area contributed by atoms with Gasteiger partial charge in [-0.15, -0.1) is 0 Å². The lowest BCUT2D eigenvalue weighted by Gasteiger charge is -2.08. The first-order valence-corrected chi connectivity index (χ1v) is 16.6. The molecule has 2 N–H and O–H groups in total. The number of hydrogen-bond donors (Lipinski definition) is 2. The molecule has 0 fully saturated rings. The maximum atomic E-state index is 5.65. The zero-order valence-corrected chi connectivity index (χ0v) is 27.7. The summed E-state index contributed by atoms with van der Waals surface area (Å²) in [6.45, 7) is 2.21. The predicted octanol–water partition coefficient (Wildman–Crippen LogP) is 10.6. The van der Waals surface area contributed by atoms with Gasteiger partial charge < -0.3 is 19.4 Å². The number of ether oxygens (including phenoxy) is 2. The fraction of sp³-hybridized carbons (Fsp3) is 0.116. The van der Waals surface area contributed by atoms with Crippen LogP contribution in [0.4, 0.5) is 0 Å². The van der Waals surface area contributed by atoms with Crippen LogP contribution in [-0.4, -0.2) is 34.2 Å². The molecule has 0 radical (unpaired) electrons. The number of H-pyrrole nitrogens is 2. The Balaban J connectivity index is 1.55. The molecule has 3 aromatic carbocycles. The van der Waals surface area contributed by atoms with Crippen molar-refractivity contribution < 1.29 is 9.47 Å². The minimum Gasteiger partial charge on any atom is -0.497 e. The minimum absolute atomic E-state index is 0.793. The van der Waals surface area contributed by atoms with E-state index in [1.54, 1.807) is 14.2 Å². The van der Waals surface area contributed by atoms with Gasteiger partial charge in [-0.2, -0.15) is 0 Å². The lowest BCUT2D eigenvalue weighted by molar-refractivity contribution is 0.415. The first-order chi connectivity index (χ1) is 24.1. The first-order valence-electron chi connectivity index (χ1n) is 16.6. The summed E-state index contributed by atoms with van der Waals surface area (Å²) in [5, 5.41) is 0. The number of hydrogen-bond acceptors (Lipinski definition) is 4. The molecule has 0 spiro atoms. The monoisotopic (exact) mass is 640 g/mol. The highest BCUT2D eigenvalue weighted by molar-refractivity contribution is 5.98. The first kappa shape index (κ1) is 30.2. The summed E-state index contributed by atoms with van der Waals surface area (Å²) in [5.41, 5.74) is 14.9. The second-order valence-electron chi connectivity index (χ2n) is 12.2. The molecule has 240 valence electrons. The van der Waals surface area contributed by atoms with E-state index in [1.165, 1.54) is 5.56 Å². The SMILES string of the molecule is CCCc1c2nc(c(-c3cccc(OC)c3)c3ccc([nH]3)c(-c3ccccc3)c3nc(c(-c4cccc(OC)c4)c4ccc1[nH]4)C=C3)C=C2. The molecule has 0 amide bonds. The van der Waals surface area contributed by atoms with Gasteiger partial charge in [0.2, 0.25) is 0 Å². The number of rotatable bonds is 7. The van der Waals surface area contributed by atoms with Gasteiger partial charge in [-0.1, -0.05) is 67.9 Å². The summed E-state index contributed by atoms with van der Waals surface area (Å²) in [6, 6.07) is 35.4. The number of nitrogens with one attached hydrogen (secondary N) is 2. The van der Waals surface area contributed by atoms with E-state index in [0.717, 1.165) is 103 Å². The van der Waals surface area contributed by atoms with E-state index in [-0.39, 0.29) is 0 Å². The van der Waals surface area contributed by atoms with Gasteiger partial charge in [0.25, 0.3) is 0 Å². The number of aromatic amines is 2. The van der Waals surface area contributed by atoms with Crippen LogP contribution in [0.3, 0.4) is 0 Å². The van der Waals surface area contributed by atoms with Gasteiger partial charge in [0.1, 0.15) is 11.5 Å². The van der Waals surface area contributed by atoms with Crippen molar-refractivity contribution in [2.45, 2.75) is 19.8 Å². The summed E-state index contributed by atoms with van der Waals surface area (Å²) in [6.07, 6.45) is 10.4. The van der Waals surface area contributed by atoms with Gasteiger partial charge in [-0.3, -0.25) is 0 Å². The van der Waals surface area contributed by atoms with Gasteiger partial charge >= 0.3 is 0 Å². The number of aryl methyl sites for hydroxylation is 1. The highest BCUT2D eigenvalue weighted by Crippen LogP contribution is 2.38. The van der Waals surface area contributed by atoms with Crippen LogP contribution < -0.4 is 9.47 Å². The summed E-state index contributed by atoms with van der Waals surface area (Å²) < 4.78 is 11.3. The molecule has 5 heterocycles. The van der Waals surface area contributed by atoms with Crippen LogP contribution >= 0.6 is 0 Å². The molecule has 49 heavy (non-hydrogen) atoms. The molecule has 2 aliphatic heterocycles. The molecule has 0 atom stereocenters. The Kier molecular flexibility index (Phi) is 7.90. The number of aromatic nitrogens is 4. The molecule has 8 bridgehead atoms. The number of nitrogens with zero attached hydrogens (tertiary/aromatic N) is 2. The molecule has 3 aromatic heterocycles. The van der Waals surface area contributed by atoms with E-state index in [1.807, 2.05) is 30.3 Å². The van der Waals surface area contributed by atoms with Crippen molar-refractivity contribution in [3.8, 4) is 44.9 Å². The number of benzene rings is 3. The van der Waals surface area contributed by atoms with E-state index < -0.39 is 0 Å². The second kappa shape index (κ2) is 12.8. The van der Waals surface area contributed by atoms with Gasteiger partial charge in [-0.25, -0.2) is 9.97 Å². The Hall–Kier alpha value is -6.14. The van der Waals surface area contributed by atoms with E-state index in [4.69, 9.17) is 19.4 Å². The summed E-state index contributed by atoms with van der Waals surface area (Å²) in [7, 11) is 3.40. The van der Waals surface area contributed by atoms with Crippen LogP contribution in [-0.2, 0) is 6.42 Å². The van der Waals surface area contributed by atoms with Gasteiger partial charge in [0.15, 0.2) is 0 Å². The van der Waals surface area contributed by atoms with Gasteiger partial charge in [0.05, 0.1) is 37.0 Å². The summed E-state index contributed by atoms with van der Waals surface area (Å²) in [4.78, 5) is 18.2. The van der Waals surface area contributed by atoms with Crippen molar-refractivity contribution in [2.75, 3.05) is 14.2 Å². The molecule has 6 aromatic rings. The maximum absolute atomic E-state index is 5.65. The Morgan fingerprint density at radius 3 is 1.47 bits per heavy atom. The molecule has 2 aliphatic rings. The molecule has 0 saturated carbocycles. The molecular weight excluding hydrogens is 604 g/mol. The molecule has 0 aliphatic carbocycles. The van der Waals surface area contributed by atoms with Crippen LogP contribution in [0, 0.1) is 0 Å². The molecule has 0 unspecified atom stereocenters. The fourth-order valence-electron chi connectivity index (χ4n) is 6.85. The average Bonchev–Trinajstić information content (AvgIpc) is 3.98. The minimum atomic E-state index is 0.793. The Morgan fingerprint density at radius 1 is 0.490 bits per heavy atom. The zero-order valence-electron chi connectivity index (χ0n) is 27.7. The van der Waals surface area contributed by atoms with Crippen LogP contribution in [0.2, 0.25) is 0 Å². The molecule has 6 nitrogen and oxygen atoms in total. The second-order valence-corrected chi connectivity index (χ2v) is 12.2. The lowest BCUT2D eigenvalue weighted by Crippen LogP contribution is -1.92. The predicted molar refractivity (Wildman–Crippen MR) is 202 cm³/mol. The summed E-state index contributed by atoms with van der Waals surface area (Å²) in [5.74, 6) is 1.59. The van der Waals surface area contributed by atoms with Crippen molar-refractivity contribution in [3.05, 3.63) is 131 Å². The van der Waals surface area contributed by atoms with E-state index in [9.17, 15) is 0 Å². The summed E-state index contributed by atoms with van der Waals surface area (Å²) >= 11 is 0. The Bertz CT molecular complexity index is 2390. The van der Waals surface area contributed by atoms with E-state index in [0.29, 0.717) is 0 Å². The molecule has 0 saturated heterocycles. The standard InChI is InChI=1S/C43H36N4O2/c1-4-10-32-33-17-19-37(44-33)42(28-13-8-15-30(25-28)48-2)39-23-21-35(46-39)41(27-11-6-5-7-12-27)36-22-24-40(47-36)43(38-20-18-34(32)45-38)29-14-9-16-31(26-29)49-3/h5-9,11-26,44,47H,4,10H2,1-3H3. The molecule has 6 heteroatoms. The lowest BCUT2D eigenvalue weighted by atomic mass is 10.0. The third-order valence-electron chi connectivity index (χ3n) is 9.14. The van der Waals surface area contributed by atoms with Crippen molar-refractivity contribution in [2.24, 2.45) is 0 Å². The van der Waals surface area contributed by atoms with Crippen molar-refractivity contribution in [1.29, 1.82) is 0 Å². The molecular formula is C43H36N4O2. The van der Waals surface area contributed by atoms with E-state index in [2.05, 4.69) is 114 Å². The quantitative estimate of drug-likeness (QED) is 0.182. The Labute approximate surface area is 285 Å². The zero-order chi connectivity index (χ0) is 33.3. The molecule has 8 rings (SSSR count). The topological polar surface area (TPSA) is 75.8 Å². The highest BCUT2D eigenvalue weighted by Gasteiger charge is 2.18. The fourth-order valence-corrected chi connectivity index (χ4v) is 6.85. The number of fused-ring (bicyclic) bond motifs is 8. The Morgan fingerprint density at radius 2 is 0.939 bits per heavy atom. The number of methoxy groups -OCH3 is 2. The average molecular weight is 641 g/mol. The normalized spacial score (nSPS) is 12.0. The van der Waals surface area contributed by atoms with Crippen molar-refractivity contribution in [3.63, 3.8) is 0 Å². The smallest absolute Gasteiger partial charge is 0.119 e. The third-order valence-corrected chi connectivity index (χ3v) is 9.14. The maximum Gasteiger partial charge on any atom is 0.119 e. The van der Waals surface area contributed by atoms with Crippen molar-refractivity contribution >= 4 is 46.4 Å². The van der Waals surface area contributed by atoms with Crippen LogP contribution in [0.1, 0.15) is 41.7 Å². The largest absolute Gasteiger partial charge is 0.497 e. The van der Waals surface area contributed by atoms with E-state index >= 15 is 0 Å². The van der Waals surface area contributed by atoms with Crippen LogP contribution in [0.25, 0.3) is 79.8 Å².